The lowest BCUT2D eigenvalue weighted by Crippen LogP contribution is -2.24. The van der Waals surface area contributed by atoms with E-state index < -0.39 is 0 Å². The van der Waals surface area contributed by atoms with Gasteiger partial charge in [-0.05, 0) is 25.0 Å². The third kappa shape index (κ3) is 3.40. The van der Waals surface area contributed by atoms with Crippen LogP contribution in [0.2, 0.25) is 5.02 Å². The highest BCUT2D eigenvalue weighted by Crippen LogP contribution is 2.25. The second-order valence-corrected chi connectivity index (χ2v) is 4.02. The van der Waals surface area contributed by atoms with Crippen molar-refractivity contribution in [3.8, 4) is 0 Å². The monoisotopic (exact) mass is 227 g/mol. The molecule has 1 unspecified atom stereocenters. The maximum absolute atomic E-state index is 6.19. The first kappa shape index (κ1) is 12.3. The largest absolute Gasteiger partial charge is 0.383 e. The van der Waals surface area contributed by atoms with E-state index in [1.807, 2.05) is 25.1 Å². The maximum atomic E-state index is 6.19. The minimum atomic E-state index is 0.314. The SMILES string of the molecule is CCC(COC)Nc1cccc(C)c1Cl. The van der Waals surface area contributed by atoms with Crippen LogP contribution in [0.15, 0.2) is 18.2 Å². The number of nitrogens with one attached hydrogen (secondary N) is 1. The smallest absolute Gasteiger partial charge is 0.0666 e. The number of anilines is 1. The van der Waals surface area contributed by atoms with Gasteiger partial charge in [0.1, 0.15) is 0 Å². The lowest BCUT2D eigenvalue weighted by atomic mass is 10.2. The van der Waals surface area contributed by atoms with Crippen LogP contribution < -0.4 is 5.32 Å². The van der Waals surface area contributed by atoms with Crippen LogP contribution in [0.3, 0.4) is 0 Å². The van der Waals surface area contributed by atoms with Crippen molar-refractivity contribution < 1.29 is 4.74 Å². The van der Waals surface area contributed by atoms with Gasteiger partial charge in [0.25, 0.3) is 0 Å². The Balaban J connectivity index is 2.74. The highest BCUT2D eigenvalue weighted by Gasteiger charge is 2.08. The average molecular weight is 228 g/mol. The Labute approximate surface area is 96.6 Å². The summed E-state index contributed by atoms with van der Waals surface area (Å²) in [5.41, 5.74) is 2.08. The van der Waals surface area contributed by atoms with Gasteiger partial charge in [-0.2, -0.15) is 0 Å². The van der Waals surface area contributed by atoms with E-state index in [1.165, 1.54) is 0 Å². The summed E-state index contributed by atoms with van der Waals surface area (Å²) in [6.45, 7) is 4.83. The molecule has 15 heavy (non-hydrogen) atoms. The van der Waals surface area contributed by atoms with E-state index in [0.29, 0.717) is 12.6 Å². The Morgan fingerprint density at radius 2 is 2.20 bits per heavy atom. The van der Waals surface area contributed by atoms with Crippen LogP contribution in [0.1, 0.15) is 18.9 Å². The molecule has 0 aliphatic heterocycles. The number of halogens is 1. The normalized spacial score (nSPS) is 12.5. The zero-order chi connectivity index (χ0) is 11.3. The molecule has 1 aromatic carbocycles. The van der Waals surface area contributed by atoms with Gasteiger partial charge in [0, 0.05) is 13.2 Å². The Morgan fingerprint density at radius 1 is 1.47 bits per heavy atom. The molecule has 0 radical (unpaired) electrons. The highest BCUT2D eigenvalue weighted by molar-refractivity contribution is 6.34. The third-order valence-electron chi connectivity index (χ3n) is 2.41. The summed E-state index contributed by atoms with van der Waals surface area (Å²) in [7, 11) is 1.71. The first-order chi connectivity index (χ1) is 7.19. The first-order valence-corrected chi connectivity index (χ1v) is 5.57. The van der Waals surface area contributed by atoms with Crippen molar-refractivity contribution in [2.75, 3.05) is 19.0 Å². The molecule has 1 atom stereocenters. The van der Waals surface area contributed by atoms with Gasteiger partial charge < -0.3 is 10.1 Å². The standard InChI is InChI=1S/C12H18ClNO/c1-4-10(8-15-3)14-11-7-5-6-9(2)12(11)13/h5-7,10,14H,4,8H2,1-3H3. The molecule has 84 valence electrons. The summed E-state index contributed by atoms with van der Waals surface area (Å²) in [5.74, 6) is 0. The Kier molecular flexibility index (Phi) is 4.92. The topological polar surface area (TPSA) is 21.3 Å². The summed E-state index contributed by atoms with van der Waals surface area (Å²) in [6.07, 6.45) is 1.01. The molecule has 0 aromatic heterocycles. The van der Waals surface area contributed by atoms with E-state index in [-0.39, 0.29) is 0 Å². The molecule has 0 amide bonds. The van der Waals surface area contributed by atoms with Crippen molar-refractivity contribution in [2.45, 2.75) is 26.3 Å². The second kappa shape index (κ2) is 5.99. The molecule has 0 aliphatic rings. The summed E-state index contributed by atoms with van der Waals surface area (Å²) >= 11 is 6.19. The number of rotatable bonds is 5. The van der Waals surface area contributed by atoms with Crippen LogP contribution in [-0.2, 0) is 4.74 Å². The van der Waals surface area contributed by atoms with Crippen LogP contribution in [0.25, 0.3) is 0 Å². The molecule has 1 rings (SSSR count). The molecule has 0 saturated carbocycles. The van der Waals surface area contributed by atoms with Crippen LogP contribution in [0, 0.1) is 6.92 Å². The van der Waals surface area contributed by atoms with Crippen molar-refractivity contribution in [3.63, 3.8) is 0 Å². The molecule has 1 N–H and O–H groups in total. The predicted molar refractivity (Wildman–Crippen MR) is 65.8 cm³/mol. The predicted octanol–water partition coefficient (Wildman–Crippen LogP) is 3.49. The van der Waals surface area contributed by atoms with E-state index >= 15 is 0 Å². The fourth-order valence-corrected chi connectivity index (χ4v) is 1.62. The van der Waals surface area contributed by atoms with Crippen molar-refractivity contribution in [2.24, 2.45) is 0 Å². The minimum Gasteiger partial charge on any atom is -0.383 e. The second-order valence-electron chi connectivity index (χ2n) is 3.64. The van der Waals surface area contributed by atoms with Gasteiger partial charge in [-0.15, -0.1) is 0 Å². The summed E-state index contributed by atoms with van der Waals surface area (Å²) in [4.78, 5) is 0. The zero-order valence-electron chi connectivity index (χ0n) is 9.51. The van der Waals surface area contributed by atoms with Gasteiger partial charge in [-0.1, -0.05) is 30.7 Å². The minimum absolute atomic E-state index is 0.314. The van der Waals surface area contributed by atoms with Gasteiger partial charge in [0.15, 0.2) is 0 Å². The molecule has 3 heteroatoms. The molecule has 2 nitrogen and oxygen atoms in total. The van der Waals surface area contributed by atoms with E-state index in [2.05, 4.69) is 12.2 Å². The summed E-state index contributed by atoms with van der Waals surface area (Å²) in [5, 5.41) is 4.18. The van der Waals surface area contributed by atoms with Crippen LogP contribution in [0.4, 0.5) is 5.69 Å². The van der Waals surface area contributed by atoms with Gasteiger partial charge in [0.05, 0.1) is 17.3 Å². The average Bonchev–Trinajstić information content (AvgIpc) is 2.24. The van der Waals surface area contributed by atoms with E-state index in [0.717, 1.165) is 22.7 Å². The molecular weight excluding hydrogens is 210 g/mol. The molecule has 0 fully saturated rings. The Morgan fingerprint density at radius 3 is 2.80 bits per heavy atom. The first-order valence-electron chi connectivity index (χ1n) is 5.19. The lowest BCUT2D eigenvalue weighted by Gasteiger charge is -2.18. The molecule has 0 heterocycles. The number of methoxy groups -OCH3 is 1. The maximum Gasteiger partial charge on any atom is 0.0666 e. The number of hydrogen-bond acceptors (Lipinski definition) is 2. The van der Waals surface area contributed by atoms with E-state index in [1.54, 1.807) is 7.11 Å². The molecule has 0 aliphatic carbocycles. The molecule has 0 bridgehead atoms. The van der Waals surface area contributed by atoms with E-state index in [9.17, 15) is 0 Å². The molecule has 0 spiro atoms. The molecule has 0 saturated heterocycles. The van der Waals surface area contributed by atoms with Gasteiger partial charge in [-0.25, -0.2) is 0 Å². The van der Waals surface area contributed by atoms with Crippen molar-refractivity contribution in [1.29, 1.82) is 0 Å². The Bertz CT molecular complexity index is 314. The zero-order valence-corrected chi connectivity index (χ0v) is 10.3. The number of ether oxygens (including phenoxy) is 1. The van der Waals surface area contributed by atoms with Gasteiger partial charge >= 0.3 is 0 Å². The Hall–Kier alpha value is -0.730. The lowest BCUT2D eigenvalue weighted by molar-refractivity contribution is 0.184. The fourth-order valence-electron chi connectivity index (χ4n) is 1.44. The number of benzene rings is 1. The number of hydrogen-bond donors (Lipinski definition) is 1. The van der Waals surface area contributed by atoms with Gasteiger partial charge in [0.2, 0.25) is 0 Å². The fraction of sp³-hybridized carbons (Fsp3) is 0.500. The summed E-state index contributed by atoms with van der Waals surface area (Å²) in [6, 6.07) is 6.32. The summed E-state index contributed by atoms with van der Waals surface area (Å²) < 4.78 is 5.13. The van der Waals surface area contributed by atoms with Crippen molar-refractivity contribution in [3.05, 3.63) is 28.8 Å². The van der Waals surface area contributed by atoms with Crippen LogP contribution >= 0.6 is 11.6 Å². The van der Waals surface area contributed by atoms with E-state index in [4.69, 9.17) is 16.3 Å². The van der Waals surface area contributed by atoms with Crippen molar-refractivity contribution >= 4 is 17.3 Å². The van der Waals surface area contributed by atoms with Crippen LogP contribution in [-0.4, -0.2) is 19.8 Å². The quantitative estimate of drug-likeness (QED) is 0.832. The van der Waals surface area contributed by atoms with Crippen LogP contribution in [0.5, 0.6) is 0 Å². The number of aryl methyl sites for hydroxylation is 1. The van der Waals surface area contributed by atoms with Crippen molar-refractivity contribution in [1.82, 2.24) is 0 Å². The highest BCUT2D eigenvalue weighted by atomic mass is 35.5. The molecular formula is C12H18ClNO. The van der Waals surface area contributed by atoms with Gasteiger partial charge in [-0.3, -0.25) is 0 Å². The third-order valence-corrected chi connectivity index (χ3v) is 2.91. The molecule has 1 aromatic rings.